The van der Waals surface area contributed by atoms with Crippen LogP contribution in [0.15, 0.2) is 28.5 Å². The molecule has 94 valence electrons. The summed E-state index contributed by atoms with van der Waals surface area (Å²) in [4.78, 5) is 4.32. The molecular weight excluding hydrogens is 248 g/mol. The molecular formula is C11H14N6S. The number of hydrogen-bond donors (Lipinski definition) is 1. The average Bonchev–Trinajstić information content (AvgIpc) is 3.11. The average molecular weight is 262 g/mol. The molecule has 6 nitrogen and oxygen atoms in total. The van der Waals surface area contributed by atoms with Gasteiger partial charge in [0.25, 0.3) is 0 Å². The Morgan fingerprint density at radius 1 is 1.50 bits per heavy atom. The van der Waals surface area contributed by atoms with Gasteiger partial charge in [0.15, 0.2) is 0 Å². The largest absolute Gasteiger partial charge is 0.324 e. The van der Waals surface area contributed by atoms with E-state index in [9.17, 15) is 0 Å². The highest BCUT2D eigenvalue weighted by Gasteiger charge is 2.28. The Kier molecular flexibility index (Phi) is 3.00. The van der Waals surface area contributed by atoms with E-state index in [-0.39, 0.29) is 6.04 Å². The van der Waals surface area contributed by atoms with Gasteiger partial charge in [0.2, 0.25) is 5.16 Å². The van der Waals surface area contributed by atoms with E-state index in [1.54, 1.807) is 6.20 Å². The van der Waals surface area contributed by atoms with E-state index < -0.39 is 0 Å². The molecule has 2 aromatic rings. The molecule has 0 saturated heterocycles. The van der Waals surface area contributed by atoms with Gasteiger partial charge in [0.05, 0.1) is 6.04 Å². The summed E-state index contributed by atoms with van der Waals surface area (Å²) in [5, 5.41) is 13.5. The Labute approximate surface area is 109 Å². The smallest absolute Gasteiger partial charge is 0.215 e. The monoisotopic (exact) mass is 262 g/mol. The second kappa shape index (κ2) is 4.66. The van der Waals surface area contributed by atoms with Gasteiger partial charge in [-0.05, 0) is 59.7 Å². The second-order valence-electron chi connectivity index (χ2n) is 4.46. The van der Waals surface area contributed by atoms with Crippen LogP contribution in [0.25, 0.3) is 0 Å². The van der Waals surface area contributed by atoms with Crippen LogP contribution >= 0.6 is 11.8 Å². The fraction of sp³-hybridized carbons (Fsp3) is 0.455. The van der Waals surface area contributed by atoms with E-state index in [2.05, 4.69) is 20.5 Å². The van der Waals surface area contributed by atoms with Crippen LogP contribution in [0.5, 0.6) is 0 Å². The van der Waals surface area contributed by atoms with Crippen LogP contribution in [0, 0.1) is 0 Å². The van der Waals surface area contributed by atoms with Gasteiger partial charge < -0.3 is 5.73 Å². The van der Waals surface area contributed by atoms with Crippen LogP contribution in [-0.4, -0.2) is 25.2 Å². The maximum Gasteiger partial charge on any atom is 0.215 e. The topological polar surface area (TPSA) is 82.5 Å². The number of tetrazole rings is 1. The third kappa shape index (κ3) is 2.37. The van der Waals surface area contributed by atoms with Crippen LogP contribution in [-0.2, 0) is 0 Å². The van der Waals surface area contributed by atoms with E-state index in [0.29, 0.717) is 6.04 Å². The molecule has 0 aliphatic heterocycles. The third-order valence-electron chi connectivity index (χ3n) is 2.84. The molecule has 3 rings (SSSR count). The van der Waals surface area contributed by atoms with Crippen molar-refractivity contribution in [2.24, 2.45) is 5.73 Å². The lowest BCUT2D eigenvalue weighted by molar-refractivity contribution is 0.565. The molecule has 1 aliphatic carbocycles. The van der Waals surface area contributed by atoms with E-state index >= 15 is 0 Å². The summed E-state index contributed by atoms with van der Waals surface area (Å²) in [5.41, 5.74) is 6.93. The van der Waals surface area contributed by atoms with Gasteiger partial charge in [-0.15, -0.1) is 5.10 Å². The minimum absolute atomic E-state index is 0.00627. The van der Waals surface area contributed by atoms with Gasteiger partial charge in [-0.25, -0.2) is 9.67 Å². The van der Waals surface area contributed by atoms with E-state index in [1.165, 1.54) is 11.8 Å². The summed E-state index contributed by atoms with van der Waals surface area (Å²) in [6.45, 7) is 1.96. The number of aromatic nitrogens is 5. The molecule has 1 fully saturated rings. The molecule has 1 aliphatic rings. The van der Waals surface area contributed by atoms with Crippen molar-refractivity contribution in [1.29, 1.82) is 0 Å². The molecule has 1 atom stereocenters. The normalized spacial score (nSPS) is 16.8. The van der Waals surface area contributed by atoms with Crippen molar-refractivity contribution in [3.05, 3.63) is 23.9 Å². The fourth-order valence-corrected chi connectivity index (χ4v) is 2.51. The highest BCUT2D eigenvalue weighted by molar-refractivity contribution is 7.99. The van der Waals surface area contributed by atoms with Crippen molar-refractivity contribution in [2.75, 3.05) is 0 Å². The summed E-state index contributed by atoms with van der Waals surface area (Å²) < 4.78 is 1.88. The second-order valence-corrected chi connectivity index (χ2v) is 5.44. The first-order valence-corrected chi connectivity index (χ1v) is 6.73. The van der Waals surface area contributed by atoms with E-state index in [0.717, 1.165) is 28.6 Å². The predicted molar refractivity (Wildman–Crippen MR) is 67.1 cm³/mol. The van der Waals surface area contributed by atoms with Crippen molar-refractivity contribution in [3.63, 3.8) is 0 Å². The highest BCUT2D eigenvalue weighted by Crippen LogP contribution is 2.37. The maximum absolute atomic E-state index is 5.86. The third-order valence-corrected chi connectivity index (χ3v) is 3.72. The molecule has 2 N–H and O–H groups in total. The van der Waals surface area contributed by atoms with E-state index in [4.69, 9.17) is 5.73 Å². The van der Waals surface area contributed by atoms with Gasteiger partial charge in [0.1, 0.15) is 5.03 Å². The molecule has 18 heavy (non-hydrogen) atoms. The van der Waals surface area contributed by atoms with Crippen LogP contribution in [0.4, 0.5) is 0 Å². The van der Waals surface area contributed by atoms with Crippen LogP contribution in [0.3, 0.4) is 0 Å². The lowest BCUT2D eigenvalue weighted by Crippen LogP contribution is -2.05. The van der Waals surface area contributed by atoms with Crippen LogP contribution in [0.2, 0.25) is 0 Å². The standard InChI is InChI=1S/C11H14N6S/c1-7(12)8-4-5-13-10(6-8)18-11-14-15-16-17(11)9-2-3-9/h4-7,9H,2-3,12H2,1H3/t7-/m1/s1. The Balaban J connectivity index is 1.83. The number of nitrogens with zero attached hydrogens (tertiary/aromatic N) is 5. The SMILES string of the molecule is C[C@@H](N)c1ccnc(Sc2nnnn2C2CC2)c1. The van der Waals surface area contributed by atoms with Crippen molar-refractivity contribution in [1.82, 2.24) is 25.2 Å². The van der Waals surface area contributed by atoms with Gasteiger partial charge in [-0.2, -0.15) is 0 Å². The van der Waals surface area contributed by atoms with Crippen molar-refractivity contribution in [3.8, 4) is 0 Å². The Hall–Kier alpha value is -1.47. The first-order chi connectivity index (χ1) is 8.74. The maximum atomic E-state index is 5.86. The molecule has 0 radical (unpaired) electrons. The molecule has 0 amide bonds. The van der Waals surface area contributed by atoms with Crippen molar-refractivity contribution >= 4 is 11.8 Å². The zero-order valence-corrected chi connectivity index (χ0v) is 10.8. The fourth-order valence-electron chi connectivity index (χ4n) is 1.66. The molecule has 7 heteroatoms. The molecule has 0 aromatic carbocycles. The Morgan fingerprint density at radius 3 is 3.06 bits per heavy atom. The minimum atomic E-state index is 0.00627. The Morgan fingerprint density at radius 2 is 2.33 bits per heavy atom. The molecule has 0 unspecified atom stereocenters. The van der Waals surface area contributed by atoms with Gasteiger partial charge in [-0.1, -0.05) is 0 Å². The Bertz CT molecular complexity index is 548. The zero-order valence-electron chi connectivity index (χ0n) is 10.0. The summed E-state index contributed by atoms with van der Waals surface area (Å²) >= 11 is 1.48. The molecule has 0 spiro atoms. The highest BCUT2D eigenvalue weighted by atomic mass is 32.2. The number of hydrogen-bond acceptors (Lipinski definition) is 6. The van der Waals surface area contributed by atoms with Crippen LogP contribution < -0.4 is 5.73 Å². The van der Waals surface area contributed by atoms with Crippen LogP contribution in [0.1, 0.15) is 37.4 Å². The van der Waals surface area contributed by atoms with Gasteiger partial charge >= 0.3 is 0 Å². The molecule has 0 bridgehead atoms. The summed E-state index contributed by atoms with van der Waals surface area (Å²) in [5.74, 6) is 0. The number of nitrogens with two attached hydrogens (primary N) is 1. The lowest BCUT2D eigenvalue weighted by atomic mass is 10.1. The zero-order chi connectivity index (χ0) is 12.5. The lowest BCUT2D eigenvalue weighted by Gasteiger charge is -2.06. The van der Waals surface area contributed by atoms with Gasteiger partial charge in [-0.3, -0.25) is 0 Å². The minimum Gasteiger partial charge on any atom is -0.324 e. The summed E-state index contributed by atoms with van der Waals surface area (Å²) in [6.07, 6.45) is 4.09. The molecule has 1 saturated carbocycles. The molecule has 2 heterocycles. The summed E-state index contributed by atoms with van der Waals surface area (Å²) in [7, 11) is 0. The summed E-state index contributed by atoms with van der Waals surface area (Å²) in [6, 6.07) is 4.39. The van der Waals surface area contributed by atoms with Crippen molar-refractivity contribution < 1.29 is 0 Å². The first-order valence-electron chi connectivity index (χ1n) is 5.91. The quantitative estimate of drug-likeness (QED) is 0.900. The number of rotatable bonds is 4. The van der Waals surface area contributed by atoms with E-state index in [1.807, 2.05) is 23.7 Å². The predicted octanol–water partition coefficient (Wildman–Crippen LogP) is 1.57. The van der Waals surface area contributed by atoms with Crippen molar-refractivity contribution in [2.45, 2.75) is 42.0 Å². The number of pyridine rings is 1. The molecule has 2 aromatic heterocycles. The van der Waals surface area contributed by atoms with Gasteiger partial charge in [0, 0.05) is 12.2 Å². The first kappa shape index (κ1) is 11.6.